The molecule has 0 bridgehead atoms. The topological polar surface area (TPSA) is 13.1 Å². The molecule has 0 atom stereocenters. The summed E-state index contributed by atoms with van der Waals surface area (Å²) in [6.07, 6.45) is 0. The first-order valence-electron chi connectivity index (χ1n) is 8.46. The first kappa shape index (κ1) is 16.0. The van der Waals surface area contributed by atoms with E-state index < -0.39 is 0 Å². The van der Waals surface area contributed by atoms with Crippen molar-refractivity contribution in [3.8, 4) is 11.1 Å². The minimum Gasteiger partial charge on any atom is -0.455 e. The molecule has 0 amide bonds. The van der Waals surface area contributed by atoms with Gasteiger partial charge in [-0.15, -0.1) is 12.6 Å². The molecule has 3 heteroatoms. The van der Waals surface area contributed by atoms with Crippen molar-refractivity contribution in [2.45, 2.75) is 11.8 Å². The Labute approximate surface area is 165 Å². The van der Waals surface area contributed by atoms with Gasteiger partial charge >= 0.3 is 0 Å². The standard InChI is InChI=1S/C23H15BrOS/c1-13-12-18(15-7-5-11-20(26)21(15)22(13)24)17-9-4-8-16-14-6-2-3-10-19(14)25-23(16)17/h2-12,26H,1H3. The second-order valence-electron chi connectivity index (χ2n) is 6.54. The van der Waals surface area contributed by atoms with E-state index in [9.17, 15) is 0 Å². The molecule has 1 aromatic heterocycles. The fourth-order valence-electron chi connectivity index (χ4n) is 3.73. The van der Waals surface area contributed by atoms with E-state index in [2.05, 4.69) is 84.0 Å². The van der Waals surface area contributed by atoms with E-state index in [-0.39, 0.29) is 0 Å². The molecule has 0 saturated heterocycles. The average Bonchev–Trinajstić information content (AvgIpc) is 3.03. The van der Waals surface area contributed by atoms with Gasteiger partial charge in [-0.1, -0.05) is 48.5 Å². The van der Waals surface area contributed by atoms with E-state index in [4.69, 9.17) is 4.42 Å². The fourth-order valence-corrected chi connectivity index (χ4v) is 4.75. The van der Waals surface area contributed by atoms with E-state index in [1.165, 1.54) is 16.5 Å². The number of thiol groups is 1. The Kier molecular flexibility index (Phi) is 3.63. The number of aryl methyl sites for hydroxylation is 1. The van der Waals surface area contributed by atoms with Crippen LogP contribution in [0.15, 0.2) is 80.5 Å². The van der Waals surface area contributed by atoms with Crippen molar-refractivity contribution >= 4 is 61.3 Å². The van der Waals surface area contributed by atoms with Gasteiger partial charge in [0.1, 0.15) is 11.2 Å². The van der Waals surface area contributed by atoms with Crippen molar-refractivity contribution in [1.82, 2.24) is 0 Å². The highest BCUT2D eigenvalue weighted by Gasteiger charge is 2.16. The van der Waals surface area contributed by atoms with E-state index in [1.54, 1.807) is 0 Å². The fraction of sp³-hybridized carbons (Fsp3) is 0.0435. The largest absolute Gasteiger partial charge is 0.455 e. The van der Waals surface area contributed by atoms with Gasteiger partial charge in [-0.05, 0) is 57.6 Å². The Morgan fingerprint density at radius 2 is 1.54 bits per heavy atom. The zero-order chi connectivity index (χ0) is 17.8. The number of benzene rings is 4. The lowest BCUT2D eigenvalue weighted by molar-refractivity contribution is 0.670. The Morgan fingerprint density at radius 1 is 0.808 bits per heavy atom. The minimum atomic E-state index is 0.919. The predicted molar refractivity (Wildman–Crippen MR) is 116 cm³/mol. The van der Waals surface area contributed by atoms with Crippen molar-refractivity contribution < 1.29 is 4.42 Å². The maximum Gasteiger partial charge on any atom is 0.143 e. The number of halogens is 1. The molecule has 4 aromatic carbocycles. The van der Waals surface area contributed by atoms with Crippen LogP contribution in [0.25, 0.3) is 43.8 Å². The lowest BCUT2D eigenvalue weighted by atomic mass is 9.94. The highest BCUT2D eigenvalue weighted by molar-refractivity contribution is 9.10. The maximum absolute atomic E-state index is 6.26. The summed E-state index contributed by atoms with van der Waals surface area (Å²) in [5, 5.41) is 4.60. The lowest BCUT2D eigenvalue weighted by Crippen LogP contribution is -1.88. The van der Waals surface area contributed by atoms with Gasteiger partial charge in [-0.2, -0.15) is 0 Å². The zero-order valence-electron chi connectivity index (χ0n) is 14.1. The van der Waals surface area contributed by atoms with E-state index >= 15 is 0 Å². The molecule has 0 spiro atoms. The molecule has 0 aliphatic rings. The molecule has 0 radical (unpaired) electrons. The van der Waals surface area contributed by atoms with Gasteiger partial charge in [0, 0.05) is 31.1 Å². The van der Waals surface area contributed by atoms with Crippen LogP contribution in [0.4, 0.5) is 0 Å². The van der Waals surface area contributed by atoms with Crippen molar-refractivity contribution in [2.24, 2.45) is 0 Å². The third-order valence-electron chi connectivity index (χ3n) is 4.95. The number of hydrogen-bond acceptors (Lipinski definition) is 2. The molecular formula is C23H15BrOS. The SMILES string of the molecule is Cc1cc(-c2cccc3c2oc2ccccc23)c2cccc(S)c2c1Br. The molecule has 0 N–H and O–H groups in total. The summed E-state index contributed by atoms with van der Waals surface area (Å²) in [5.41, 5.74) is 5.31. The Balaban J connectivity index is 1.95. The number of rotatable bonds is 1. The van der Waals surface area contributed by atoms with E-state index in [1.807, 2.05) is 18.2 Å². The van der Waals surface area contributed by atoms with Gasteiger partial charge in [-0.3, -0.25) is 0 Å². The summed E-state index contributed by atoms with van der Waals surface area (Å²) in [6.45, 7) is 2.12. The van der Waals surface area contributed by atoms with Crippen LogP contribution in [0.2, 0.25) is 0 Å². The molecule has 5 aromatic rings. The molecule has 0 saturated carbocycles. The Morgan fingerprint density at radius 3 is 2.42 bits per heavy atom. The van der Waals surface area contributed by atoms with E-state index in [0.717, 1.165) is 42.3 Å². The second-order valence-corrected chi connectivity index (χ2v) is 7.81. The maximum atomic E-state index is 6.26. The number of para-hydroxylation sites is 2. The van der Waals surface area contributed by atoms with Crippen LogP contribution in [-0.4, -0.2) is 0 Å². The van der Waals surface area contributed by atoms with Crippen molar-refractivity contribution in [2.75, 3.05) is 0 Å². The van der Waals surface area contributed by atoms with Crippen LogP contribution < -0.4 is 0 Å². The van der Waals surface area contributed by atoms with Crippen molar-refractivity contribution in [3.63, 3.8) is 0 Å². The monoisotopic (exact) mass is 418 g/mol. The third kappa shape index (κ3) is 2.24. The summed E-state index contributed by atoms with van der Waals surface area (Å²) in [6, 6.07) is 23.0. The van der Waals surface area contributed by atoms with Gasteiger partial charge in [-0.25, -0.2) is 0 Å². The van der Waals surface area contributed by atoms with Gasteiger partial charge in [0.15, 0.2) is 0 Å². The lowest BCUT2D eigenvalue weighted by Gasteiger charge is -2.13. The Bertz CT molecular complexity index is 1320. The summed E-state index contributed by atoms with van der Waals surface area (Å²) in [4.78, 5) is 0.969. The molecule has 0 aliphatic carbocycles. The molecule has 1 nitrogen and oxygen atoms in total. The first-order chi connectivity index (χ1) is 12.6. The first-order valence-corrected chi connectivity index (χ1v) is 9.70. The molecule has 0 aliphatic heterocycles. The number of furan rings is 1. The minimum absolute atomic E-state index is 0.919. The molecule has 1 heterocycles. The van der Waals surface area contributed by atoms with Crippen LogP contribution in [0.3, 0.4) is 0 Å². The number of fused-ring (bicyclic) bond motifs is 4. The Hall–Kier alpha value is -2.23. The number of hydrogen-bond donors (Lipinski definition) is 1. The molecule has 0 unspecified atom stereocenters. The average molecular weight is 419 g/mol. The smallest absolute Gasteiger partial charge is 0.143 e. The zero-order valence-corrected chi connectivity index (χ0v) is 16.6. The molecule has 5 rings (SSSR count). The highest BCUT2D eigenvalue weighted by Crippen LogP contribution is 2.42. The van der Waals surface area contributed by atoms with Crippen LogP contribution in [0.1, 0.15) is 5.56 Å². The normalized spacial score (nSPS) is 11.7. The summed E-state index contributed by atoms with van der Waals surface area (Å²) < 4.78 is 7.35. The van der Waals surface area contributed by atoms with Crippen LogP contribution in [0, 0.1) is 6.92 Å². The quantitative estimate of drug-likeness (QED) is 0.274. The summed E-state index contributed by atoms with van der Waals surface area (Å²) >= 11 is 8.43. The van der Waals surface area contributed by atoms with Gasteiger partial charge in [0.2, 0.25) is 0 Å². The van der Waals surface area contributed by atoms with Gasteiger partial charge < -0.3 is 4.42 Å². The van der Waals surface area contributed by atoms with Gasteiger partial charge in [0.05, 0.1) is 0 Å². The van der Waals surface area contributed by atoms with E-state index in [0.29, 0.717) is 0 Å². The highest BCUT2D eigenvalue weighted by atomic mass is 79.9. The van der Waals surface area contributed by atoms with Crippen LogP contribution in [-0.2, 0) is 0 Å². The predicted octanol–water partition coefficient (Wildman–Crippen LogP) is 7.77. The van der Waals surface area contributed by atoms with Gasteiger partial charge in [0.25, 0.3) is 0 Å². The molecule has 26 heavy (non-hydrogen) atoms. The molecule has 126 valence electrons. The summed E-state index contributed by atoms with van der Waals surface area (Å²) in [7, 11) is 0. The van der Waals surface area contributed by atoms with Crippen LogP contribution >= 0.6 is 28.6 Å². The van der Waals surface area contributed by atoms with Crippen molar-refractivity contribution in [3.05, 3.63) is 76.8 Å². The molecular weight excluding hydrogens is 404 g/mol. The van der Waals surface area contributed by atoms with Crippen molar-refractivity contribution in [1.29, 1.82) is 0 Å². The molecule has 0 fully saturated rings. The summed E-state index contributed by atoms with van der Waals surface area (Å²) in [5.74, 6) is 0. The third-order valence-corrected chi connectivity index (χ3v) is 6.35. The second kappa shape index (κ2) is 5.90. The van der Waals surface area contributed by atoms with Crippen LogP contribution in [0.5, 0.6) is 0 Å².